The van der Waals surface area contributed by atoms with E-state index in [0.717, 1.165) is 17.1 Å². The van der Waals surface area contributed by atoms with Gasteiger partial charge in [0, 0.05) is 24.9 Å². The van der Waals surface area contributed by atoms with Gasteiger partial charge in [-0.3, -0.25) is 10.1 Å². The first-order chi connectivity index (χ1) is 19.4. The maximum Gasteiger partial charge on any atom is 0.336 e. The normalized spacial score (nSPS) is 19.3. The van der Waals surface area contributed by atoms with Gasteiger partial charge < -0.3 is 24.1 Å². The Hall–Kier alpha value is -3.85. The zero-order valence-corrected chi connectivity index (χ0v) is 26.5. The van der Waals surface area contributed by atoms with Crippen molar-refractivity contribution in [3.63, 3.8) is 0 Å². The van der Waals surface area contributed by atoms with Crippen LogP contribution >= 0.6 is 0 Å². The SMILES string of the molecule is CC1=C(C(=O)OC(C)(C)C)CC(C(=O)OC(C)(C)C)=C(C)N1.Cc1ccc(C2NC(Cc3ccccc3)C(=O)N2C)o1. The van der Waals surface area contributed by atoms with Crippen molar-refractivity contribution in [2.45, 2.75) is 98.6 Å². The van der Waals surface area contributed by atoms with Crippen LogP contribution in [0.1, 0.15) is 85.1 Å². The van der Waals surface area contributed by atoms with E-state index >= 15 is 0 Å². The molecule has 0 saturated carbocycles. The quantitative estimate of drug-likeness (QED) is 0.449. The van der Waals surface area contributed by atoms with Gasteiger partial charge in [0.1, 0.15) is 28.9 Å². The zero-order valence-electron chi connectivity index (χ0n) is 26.5. The predicted molar refractivity (Wildman–Crippen MR) is 161 cm³/mol. The molecule has 1 aromatic carbocycles. The van der Waals surface area contributed by atoms with Crippen LogP contribution in [0.25, 0.3) is 0 Å². The largest absolute Gasteiger partial charge is 0.463 e. The second-order valence-electron chi connectivity index (χ2n) is 12.7. The van der Waals surface area contributed by atoms with Crippen molar-refractivity contribution in [1.82, 2.24) is 15.5 Å². The van der Waals surface area contributed by atoms with Crippen molar-refractivity contribution in [1.29, 1.82) is 0 Å². The van der Waals surface area contributed by atoms with Crippen LogP contribution in [0, 0.1) is 6.92 Å². The van der Waals surface area contributed by atoms with Crippen LogP contribution in [0.3, 0.4) is 0 Å². The Morgan fingerprint density at radius 2 is 1.40 bits per heavy atom. The van der Waals surface area contributed by atoms with Gasteiger partial charge in [0.25, 0.3) is 0 Å². The number of allylic oxidation sites excluding steroid dienone is 2. The summed E-state index contributed by atoms with van der Waals surface area (Å²) in [6.07, 6.45) is 0.735. The summed E-state index contributed by atoms with van der Waals surface area (Å²) in [5, 5.41) is 6.42. The summed E-state index contributed by atoms with van der Waals surface area (Å²) < 4.78 is 16.4. The molecule has 2 aliphatic heterocycles. The number of dihydropyridines is 1. The molecule has 1 fully saturated rings. The second kappa shape index (κ2) is 13.0. The number of benzene rings is 1. The molecular weight excluding hydrogens is 534 g/mol. The zero-order chi connectivity index (χ0) is 31.4. The van der Waals surface area contributed by atoms with Crippen LogP contribution in [0.4, 0.5) is 0 Å². The van der Waals surface area contributed by atoms with Gasteiger partial charge in [-0.15, -0.1) is 0 Å². The van der Waals surface area contributed by atoms with Crippen LogP contribution < -0.4 is 10.6 Å². The number of amides is 1. The number of ether oxygens (including phenoxy) is 2. The van der Waals surface area contributed by atoms with Crippen molar-refractivity contribution >= 4 is 17.8 Å². The first-order valence-electron chi connectivity index (χ1n) is 14.2. The number of nitrogens with zero attached hydrogens (tertiary/aromatic N) is 1. The third kappa shape index (κ3) is 8.82. The monoisotopic (exact) mass is 579 g/mol. The Labute approximate surface area is 249 Å². The van der Waals surface area contributed by atoms with Crippen LogP contribution in [0.2, 0.25) is 0 Å². The average molecular weight is 580 g/mol. The van der Waals surface area contributed by atoms with E-state index < -0.39 is 23.1 Å². The van der Waals surface area contributed by atoms with Gasteiger partial charge in [0.05, 0.1) is 17.2 Å². The van der Waals surface area contributed by atoms with Gasteiger partial charge in [0.15, 0.2) is 0 Å². The lowest BCUT2D eigenvalue weighted by molar-refractivity contribution is -0.150. The molecular formula is C33H45N3O6. The molecule has 1 saturated heterocycles. The Bertz CT molecular complexity index is 1310. The molecule has 42 heavy (non-hydrogen) atoms. The molecule has 0 spiro atoms. The summed E-state index contributed by atoms with van der Waals surface area (Å²) in [6.45, 7) is 16.4. The van der Waals surface area contributed by atoms with Crippen molar-refractivity contribution in [2.24, 2.45) is 0 Å². The van der Waals surface area contributed by atoms with E-state index in [1.807, 2.05) is 98.0 Å². The Balaban J connectivity index is 0.000000231. The summed E-state index contributed by atoms with van der Waals surface area (Å²) in [7, 11) is 1.81. The van der Waals surface area contributed by atoms with Crippen LogP contribution in [-0.4, -0.2) is 47.0 Å². The van der Waals surface area contributed by atoms with Gasteiger partial charge in [-0.25, -0.2) is 9.59 Å². The molecule has 0 aliphatic carbocycles. The van der Waals surface area contributed by atoms with E-state index in [1.54, 1.807) is 18.7 Å². The summed E-state index contributed by atoms with van der Waals surface area (Å²) in [6, 6.07) is 13.7. The number of esters is 2. The number of nitrogens with one attached hydrogen (secondary N) is 2. The third-order valence-corrected chi connectivity index (χ3v) is 6.63. The van der Waals surface area contributed by atoms with E-state index in [1.165, 1.54) is 0 Å². The molecule has 2 atom stereocenters. The smallest absolute Gasteiger partial charge is 0.336 e. The fourth-order valence-corrected chi connectivity index (χ4v) is 4.62. The molecule has 9 heteroatoms. The first-order valence-corrected chi connectivity index (χ1v) is 14.2. The van der Waals surface area contributed by atoms with E-state index in [9.17, 15) is 14.4 Å². The second-order valence-corrected chi connectivity index (χ2v) is 12.7. The molecule has 228 valence electrons. The van der Waals surface area contributed by atoms with Crippen LogP contribution in [0.15, 0.2) is 69.4 Å². The van der Waals surface area contributed by atoms with Gasteiger partial charge in [-0.2, -0.15) is 0 Å². The van der Waals surface area contributed by atoms with Crippen molar-refractivity contribution in [2.75, 3.05) is 7.05 Å². The van der Waals surface area contributed by atoms with Crippen LogP contribution in [0.5, 0.6) is 0 Å². The number of furan rings is 1. The van der Waals surface area contributed by atoms with E-state index in [-0.39, 0.29) is 24.5 Å². The Morgan fingerprint density at radius 1 is 0.881 bits per heavy atom. The lowest BCUT2D eigenvalue weighted by atomic mass is 9.97. The molecule has 2 aliphatic rings. The van der Waals surface area contributed by atoms with Crippen molar-refractivity contribution in [3.05, 3.63) is 82.1 Å². The van der Waals surface area contributed by atoms with Gasteiger partial charge in [0.2, 0.25) is 5.91 Å². The number of carbonyl (C=O) groups excluding carboxylic acids is 3. The molecule has 2 aromatic rings. The van der Waals surface area contributed by atoms with Crippen LogP contribution in [-0.2, 0) is 30.3 Å². The topological polar surface area (TPSA) is 110 Å². The maximum absolute atomic E-state index is 12.3. The molecule has 9 nitrogen and oxygen atoms in total. The average Bonchev–Trinajstić information content (AvgIpc) is 3.41. The molecule has 0 bridgehead atoms. The highest BCUT2D eigenvalue weighted by Gasteiger charge is 2.38. The number of hydrogen-bond donors (Lipinski definition) is 2. The lowest BCUT2D eigenvalue weighted by Crippen LogP contribution is -2.32. The minimum atomic E-state index is -0.577. The Morgan fingerprint density at radius 3 is 1.86 bits per heavy atom. The summed E-state index contributed by atoms with van der Waals surface area (Å²) in [5.74, 6) is 0.924. The Kier molecular flexibility index (Phi) is 10.1. The summed E-state index contributed by atoms with van der Waals surface area (Å²) in [4.78, 5) is 38.6. The number of rotatable bonds is 5. The molecule has 1 amide bonds. The third-order valence-electron chi connectivity index (χ3n) is 6.63. The van der Waals surface area contributed by atoms with Gasteiger partial charge in [-0.1, -0.05) is 30.3 Å². The standard InChI is InChI=1S/C17H27NO4.C16H18N2O2/c1-10-12(14(19)21-16(3,4)5)9-13(11(2)18-10)15(20)22-17(6,7)8;1-11-8-9-14(20-11)15-17-13(16(19)18(15)2)10-12-6-4-3-5-7-12/h18H,9H2,1-8H3;3-9,13,15,17H,10H2,1-2H3. The number of hydrogen-bond acceptors (Lipinski definition) is 8. The minimum Gasteiger partial charge on any atom is -0.463 e. The molecule has 0 radical (unpaired) electrons. The molecule has 3 heterocycles. The number of aryl methyl sites for hydroxylation is 1. The highest BCUT2D eigenvalue weighted by molar-refractivity contribution is 5.96. The predicted octanol–water partition coefficient (Wildman–Crippen LogP) is 5.47. The fourth-order valence-electron chi connectivity index (χ4n) is 4.62. The molecule has 4 rings (SSSR count). The van der Waals surface area contributed by atoms with Gasteiger partial charge in [-0.05, 0) is 86.4 Å². The lowest BCUT2D eigenvalue weighted by Gasteiger charge is -2.27. The van der Waals surface area contributed by atoms with E-state index in [4.69, 9.17) is 13.9 Å². The van der Waals surface area contributed by atoms with Crippen molar-refractivity contribution in [3.8, 4) is 0 Å². The fraction of sp³-hybridized carbons (Fsp3) is 0.485. The highest BCUT2D eigenvalue weighted by Crippen LogP contribution is 2.28. The molecule has 2 N–H and O–H groups in total. The maximum atomic E-state index is 12.3. The van der Waals surface area contributed by atoms with Crippen molar-refractivity contribution < 1.29 is 28.3 Å². The van der Waals surface area contributed by atoms with Gasteiger partial charge >= 0.3 is 11.9 Å². The summed E-state index contributed by atoms with van der Waals surface area (Å²) in [5.41, 5.74) is 2.34. The minimum absolute atomic E-state index is 0.105. The first kappa shape index (κ1) is 32.7. The highest BCUT2D eigenvalue weighted by atomic mass is 16.6. The number of carbonyl (C=O) groups is 3. The summed E-state index contributed by atoms with van der Waals surface area (Å²) >= 11 is 0. The van der Waals surface area contributed by atoms with E-state index in [0.29, 0.717) is 29.0 Å². The van der Waals surface area contributed by atoms with E-state index in [2.05, 4.69) is 10.6 Å². The molecule has 2 unspecified atom stereocenters. The molecule has 1 aromatic heterocycles. The number of likely N-dealkylation sites (N-methyl/N-ethyl adjacent to an activating group) is 1.